The van der Waals surface area contributed by atoms with Crippen molar-refractivity contribution in [3.05, 3.63) is 0 Å². The number of aliphatic hydroxyl groups is 1. The number of hydrogen-bond donors (Lipinski definition) is 2. The van der Waals surface area contributed by atoms with Crippen LogP contribution in [0, 0.1) is 5.92 Å². The van der Waals surface area contributed by atoms with Gasteiger partial charge in [0.05, 0.1) is 12.7 Å². The predicted octanol–water partition coefficient (Wildman–Crippen LogP) is 3.26. The molecule has 0 aliphatic heterocycles. The number of nitrogens with one attached hydrogen (secondary N) is 1. The van der Waals surface area contributed by atoms with E-state index in [0.717, 1.165) is 38.2 Å². The lowest BCUT2D eigenvalue weighted by molar-refractivity contribution is -0.0345. The lowest BCUT2D eigenvalue weighted by atomic mass is 9.80. The largest absolute Gasteiger partial charge is 0.394 e. The molecule has 2 rings (SSSR count). The summed E-state index contributed by atoms with van der Waals surface area (Å²) < 4.78 is 6.21. The number of rotatable bonds is 6. The Morgan fingerprint density at radius 2 is 1.90 bits per heavy atom. The zero-order chi connectivity index (χ0) is 14.4. The molecule has 0 radical (unpaired) electrons. The van der Waals surface area contributed by atoms with E-state index >= 15 is 0 Å². The molecule has 3 heteroatoms. The molecule has 2 unspecified atom stereocenters. The van der Waals surface area contributed by atoms with Crippen molar-refractivity contribution in [2.24, 2.45) is 5.92 Å². The van der Waals surface area contributed by atoms with Crippen molar-refractivity contribution in [3.8, 4) is 0 Å². The van der Waals surface area contributed by atoms with Gasteiger partial charge in [0.2, 0.25) is 0 Å². The maximum absolute atomic E-state index is 9.81. The summed E-state index contributed by atoms with van der Waals surface area (Å²) in [5.41, 5.74) is -0.107. The van der Waals surface area contributed by atoms with E-state index in [-0.39, 0.29) is 12.1 Å². The first-order chi connectivity index (χ1) is 9.63. The third kappa shape index (κ3) is 4.71. The summed E-state index contributed by atoms with van der Waals surface area (Å²) in [6.07, 6.45) is 11.6. The van der Waals surface area contributed by atoms with Crippen molar-refractivity contribution < 1.29 is 9.84 Å². The molecule has 0 saturated heterocycles. The Balaban J connectivity index is 1.79. The summed E-state index contributed by atoms with van der Waals surface area (Å²) in [5.74, 6) is 0.785. The summed E-state index contributed by atoms with van der Waals surface area (Å²) in [4.78, 5) is 0. The van der Waals surface area contributed by atoms with Gasteiger partial charge in [0.15, 0.2) is 0 Å². The maximum atomic E-state index is 9.81. The van der Waals surface area contributed by atoms with Crippen LogP contribution < -0.4 is 5.32 Å². The summed E-state index contributed by atoms with van der Waals surface area (Å²) in [7, 11) is 0. The number of hydrogen-bond acceptors (Lipinski definition) is 3. The molecule has 3 nitrogen and oxygen atoms in total. The van der Waals surface area contributed by atoms with Crippen molar-refractivity contribution >= 4 is 0 Å². The minimum Gasteiger partial charge on any atom is -0.394 e. The second kappa shape index (κ2) is 7.77. The van der Waals surface area contributed by atoms with Gasteiger partial charge in [-0.15, -0.1) is 0 Å². The van der Waals surface area contributed by atoms with Crippen molar-refractivity contribution in [2.75, 3.05) is 13.2 Å². The summed E-state index contributed by atoms with van der Waals surface area (Å²) in [6, 6.07) is 0.416. The Morgan fingerprint density at radius 1 is 1.15 bits per heavy atom. The highest BCUT2D eigenvalue weighted by atomic mass is 16.5. The zero-order valence-corrected chi connectivity index (χ0v) is 13.4. The molecule has 20 heavy (non-hydrogen) atoms. The lowest BCUT2D eigenvalue weighted by Crippen LogP contribution is -2.55. The number of ether oxygens (including phenoxy) is 1. The van der Waals surface area contributed by atoms with Crippen LogP contribution in [0.1, 0.15) is 71.6 Å². The summed E-state index contributed by atoms with van der Waals surface area (Å²) in [5, 5.41) is 13.4. The first kappa shape index (κ1) is 16.3. The Morgan fingerprint density at radius 3 is 2.55 bits per heavy atom. The normalized spacial score (nSPS) is 32.7. The minimum atomic E-state index is -0.107. The van der Waals surface area contributed by atoms with Crippen LogP contribution in [-0.4, -0.2) is 36.0 Å². The third-order valence-electron chi connectivity index (χ3n) is 4.99. The second-order valence-corrected chi connectivity index (χ2v) is 7.29. The van der Waals surface area contributed by atoms with Gasteiger partial charge in [0.1, 0.15) is 0 Å². The highest BCUT2D eigenvalue weighted by molar-refractivity contribution is 4.95. The molecule has 0 aromatic heterocycles. The predicted molar refractivity (Wildman–Crippen MR) is 82.9 cm³/mol. The third-order valence-corrected chi connectivity index (χ3v) is 4.99. The molecule has 0 aromatic rings. The zero-order valence-electron chi connectivity index (χ0n) is 13.4. The number of aliphatic hydroxyl groups excluding tert-OH is 1. The molecule has 0 bridgehead atoms. The molecule has 0 amide bonds. The summed E-state index contributed by atoms with van der Waals surface area (Å²) >= 11 is 0. The molecule has 0 aromatic carbocycles. The van der Waals surface area contributed by atoms with E-state index in [1.807, 2.05) is 0 Å². The average molecular weight is 283 g/mol. The van der Waals surface area contributed by atoms with Crippen molar-refractivity contribution in [1.29, 1.82) is 0 Å². The van der Waals surface area contributed by atoms with E-state index in [1.54, 1.807) is 0 Å². The Hall–Kier alpha value is -0.120. The van der Waals surface area contributed by atoms with Gasteiger partial charge in [-0.05, 0) is 44.4 Å². The highest BCUT2D eigenvalue weighted by Crippen LogP contribution is 2.32. The Labute approximate surface area is 124 Å². The molecule has 2 saturated carbocycles. The van der Waals surface area contributed by atoms with E-state index in [1.165, 1.54) is 32.1 Å². The molecular formula is C17H33NO2. The topological polar surface area (TPSA) is 41.5 Å². The monoisotopic (exact) mass is 283 g/mol. The Bertz CT molecular complexity index is 276. The molecule has 118 valence electrons. The van der Waals surface area contributed by atoms with E-state index in [2.05, 4.69) is 19.2 Å². The molecule has 0 heterocycles. The van der Waals surface area contributed by atoms with Gasteiger partial charge in [0, 0.05) is 18.2 Å². The first-order valence-corrected chi connectivity index (χ1v) is 8.64. The van der Waals surface area contributed by atoms with E-state index in [9.17, 15) is 5.11 Å². The fourth-order valence-corrected chi connectivity index (χ4v) is 4.01. The van der Waals surface area contributed by atoms with Crippen molar-refractivity contribution in [1.82, 2.24) is 5.32 Å². The smallest absolute Gasteiger partial charge is 0.0614 e. The van der Waals surface area contributed by atoms with E-state index in [0.29, 0.717) is 12.1 Å². The average Bonchev–Trinajstić information content (AvgIpc) is 2.46. The van der Waals surface area contributed by atoms with Crippen LogP contribution in [0.3, 0.4) is 0 Å². The van der Waals surface area contributed by atoms with E-state index in [4.69, 9.17) is 4.74 Å². The molecule has 2 fully saturated rings. The molecule has 2 aliphatic carbocycles. The standard InChI is InChI=1S/C17H33NO2/c1-14(2)18-17(13-19)10-6-9-16(11-17)20-12-15-7-4-3-5-8-15/h14-16,18-19H,3-13H2,1-2H3. The van der Waals surface area contributed by atoms with Crippen LogP contribution >= 0.6 is 0 Å². The second-order valence-electron chi connectivity index (χ2n) is 7.29. The lowest BCUT2D eigenvalue weighted by Gasteiger charge is -2.42. The van der Waals surface area contributed by atoms with Gasteiger partial charge in [-0.25, -0.2) is 0 Å². The quantitative estimate of drug-likeness (QED) is 0.786. The maximum Gasteiger partial charge on any atom is 0.0614 e. The van der Waals surface area contributed by atoms with Crippen LogP contribution in [0.2, 0.25) is 0 Å². The summed E-state index contributed by atoms with van der Waals surface area (Å²) in [6.45, 7) is 5.48. The van der Waals surface area contributed by atoms with Crippen molar-refractivity contribution in [2.45, 2.75) is 89.3 Å². The van der Waals surface area contributed by atoms with Gasteiger partial charge in [-0.3, -0.25) is 0 Å². The minimum absolute atomic E-state index is 0.107. The fourth-order valence-electron chi connectivity index (χ4n) is 4.01. The van der Waals surface area contributed by atoms with Crippen LogP contribution in [-0.2, 0) is 4.74 Å². The van der Waals surface area contributed by atoms with Crippen LogP contribution in [0.4, 0.5) is 0 Å². The fraction of sp³-hybridized carbons (Fsp3) is 1.00. The van der Waals surface area contributed by atoms with Crippen molar-refractivity contribution in [3.63, 3.8) is 0 Å². The molecule has 2 aliphatic rings. The van der Waals surface area contributed by atoms with Crippen LogP contribution in [0.25, 0.3) is 0 Å². The van der Waals surface area contributed by atoms with Gasteiger partial charge in [-0.1, -0.05) is 33.1 Å². The van der Waals surface area contributed by atoms with Crippen LogP contribution in [0.5, 0.6) is 0 Å². The van der Waals surface area contributed by atoms with Gasteiger partial charge >= 0.3 is 0 Å². The van der Waals surface area contributed by atoms with Gasteiger partial charge in [-0.2, -0.15) is 0 Å². The Kier molecular flexibility index (Phi) is 6.31. The highest BCUT2D eigenvalue weighted by Gasteiger charge is 2.36. The molecule has 2 N–H and O–H groups in total. The van der Waals surface area contributed by atoms with Crippen LogP contribution in [0.15, 0.2) is 0 Å². The molecule has 2 atom stereocenters. The SMILES string of the molecule is CC(C)NC1(CO)CCCC(OCC2CCCCC2)C1. The molecule has 0 spiro atoms. The van der Waals surface area contributed by atoms with Gasteiger partial charge in [0.25, 0.3) is 0 Å². The van der Waals surface area contributed by atoms with Gasteiger partial charge < -0.3 is 15.2 Å². The first-order valence-electron chi connectivity index (χ1n) is 8.64. The van der Waals surface area contributed by atoms with E-state index < -0.39 is 0 Å². The molecular weight excluding hydrogens is 250 g/mol.